The first-order valence-corrected chi connectivity index (χ1v) is 9.30. The topological polar surface area (TPSA) is 48.7 Å². The average Bonchev–Trinajstić information content (AvgIpc) is 3.30. The lowest BCUT2D eigenvalue weighted by Crippen LogP contribution is -2.50. The van der Waals surface area contributed by atoms with Gasteiger partial charge in [-0.05, 0) is 54.5 Å². The third-order valence-corrected chi connectivity index (χ3v) is 6.28. The maximum absolute atomic E-state index is 10.6. The minimum Gasteiger partial charge on any atom is -0.506 e. The average molecular weight is 341 g/mol. The highest BCUT2D eigenvalue weighted by molar-refractivity contribution is 6.04. The van der Waals surface area contributed by atoms with Crippen LogP contribution in [0.15, 0.2) is 71.6 Å². The molecule has 4 atom stereocenters. The molecule has 4 aliphatic rings. The zero-order chi connectivity index (χ0) is 17.3. The third kappa shape index (κ3) is 1.79. The lowest BCUT2D eigenvalue weighted by Gasteiger charge is -2.45. The van der Waals surface area contributed by atoms with Crippen molar-refractivity contribution in [3.63, 3.8) is 0 Å². The number of benzene rings is 1. The first-order valence-electron chi connectivity index (χ1n) is 9.30. The lowest BCUT2D eigenvalue weighted by molar-refractivity contribution is 0.441. The van der Waals surface area contributed by atoms with E-state index in [1.165, 1.54) is 5.56 Å². The monoisotopic (exact) mass is 341 g/mol. The molecular weight excluding hydrogens is 322 g/mol. The van der Waals surface area contributed by atoms with Gasteiger partial charge in [-0.25, -0.2) is 4.99 Å². The molecule has 1 saturated carbocycles. The summed E-state index contributed by atoms with van der Waals surface area (Å²) in [4.78, 5) is 12.0. The predicted octanol–water partition coefficient (Wildman–Crippen LogP) is 3.68. The van der Waals surface area contributed by atoms with E-state index in [1.54, 1.807) is 6.07 Å². The number of hydrogen-bond donors (Lipinski definition) is 1. The highest BCUT2D eigenvalue weighted by Crippen LogP contribution is 2.54. The zero-order valence-electron chi connectivity index (χ0n) is 14.3. The Morgan fingerprint density at radius 1 is 1.04 bits per heavy atom. The van der Waals surface area contributed by atoms with Gasteiger partial charge in [0.1, 0.15) is 11.6 Å². The standard InChI is InChI=1S/C22H19N3O/c26-17-6-3-4-13-9-10-18-24-20(16-5-1-2-11-23-16)19-14-7-8-15(12-14)22(19)25(18)21(13)17/h1-8,10-11,14-15,19,22,26H,9,12H2. The predicted molar refractivity (Wildman–Crippen MR) is 101 cm³/mol. The van der Waals surface area contributed by atoms with Crippen LogP contribution in [0.5, 0.6) is 5.75 Å². The van der Waals surface area contributed by atoms with Gasteiger partial charge in [0.05, 0.1) is 23.1 Å². The SMILES string of the molecule is Oc1cccc2c1N1C(=CC2)N=C(c2ccccn2)C2C3C=CC(C3)C21. The number of rotatable bonds is 1. The molecule has 2 bridgehead atoms. The maximum Gasteiger partial charge on any atom is 0.139 e. The van der Waals surface area contributed by atoms with E-state index in [1.807, 2.05) is 24.4 Å². The quantitative estimate of drug-likeness (QED) is 0.805. The second-order valence-corrected chi connectivity index (χ2v) is 7.60. The third-order valence-electron chi connectivity index (χ3n) is 6.28. The van der Waals surface area contributed by atoms with E-state index in [2.05, 4.69) is 40.2 Å². The summed E-state index contributed by atoms with van der Waals surface area (Å²) in [6, 6.07) is 12.2. The number of nitrogens with zero attached hydrogens (tertiary/aromatic N) is 3. The van der Waals surface area contributed by atoms with Gasteiger partial charge in [-0.15, -0.1) is 0 Å². The van der Waals surface area contributed by atoms with Gasteiger partial charge in [-0.2, -0.15) is 0 Å². The molecule has 1 aromatic carbocycles. The van der Waals surface area contributed by atoms with Crippen molar-refractivity contribution in [2.45, 2.75) is 18.9 Å². The van der Waals surface area contributed by atoms with E-state index in [0.29, 0.717) is 29.5 Å². The van der Waals surface area contributed by atoms with E-state index in [9.17, 15) is 5.11 Å². The van der Waals surface area contributed by atoms with Crippen molar-refractivity contribution >= 4 is 11.4 Å². The van der Waals surface area contributed by atoms with Crippen molar-refractivity contribution in [2.24, 2.45) is 22.7 Å². The molecule has 26 heavy (non-hydrogen) atoms. The molecule has 4 heteroatoms. The summed E-state index contributed by atoms with van der Waals surface area (Å²) in [5.74, 6) is 2.64. The highest BCUT2D eigenvalue weighted by Gasteiger charge is 2.53. The maximum atomic E-state index is 10.6. The van der Waals surface area contributed by atoms with Crippen LogP contribution in [0.4, 0.5) is 5.69 Å². The van der Waals surface area contributed by atoms with Crippen molar-refractivity contribution in [1.82, 2.24) is 4.98 Å². The van der Waals surface area contributed by atoms with Gasteiger partial charge in [0.2, 0.25) is 0 Å². The number of phenols is 1. The summed E-state index contributed by atoms with van der Waals surface area (Å²) in [5.41, 5.74) is 4.21. The molecular formula is C22H19N3O. The second-order valence-electron chi connectivity index (χ2n) is 7.60. The molecule has 3 heterocycles. The first-order chi connectivity index (χ1) is 12.8. The molecule has 2 aliphatic carbocycles. The van der Waals surface area contributed by atoms with Crippen LogP contribution in [0.1, 0.15) is 17.7 Å². The van der Waals surface area contributed by atoms with Crippen LogP contribution in [0.25, 0.3) is 0 Å². The van der Waals surface area contributed by atoms with E-state index in [0.717, 1.165) is 35.8 Å². The molecule has 1 N–H and O–H groups in total. The smallest absolute Gasteiger partial charge is 0.139 e. The molecule has 128 valence electrons. The van der Waals surface area contributed by atoms with Crippen molar-refractivity contribution in [1.29, 1.82) is 0 Å². The van der Waals surface area contributed by atoms with Crippen LogP contribution in [0.3, 0.4) is 0 Å². The highest BCUT2D eigenvalue weighted by atomic mass is 16.3. The Bertz CT molecular complexity index is 992. The first kappa shape index (κ1) is 14.3. The van der Waals surface area contributed by atoms with Crippen molar-refractivity contribution in [3.05, 3.63) is 77.9 Å². The fourth-order valence-corrected chi connectivity index (χ4v) is 5.29. The molecule has 2 aliphatic heterocycles. The van der Waals surface area contributed by atoms with Crippen molar-refractivity contribution < 1.29 is 5.11 Å². The molecule has 0 spiro atoms. The number of para-hydroxylation sites is 1. The molecule has 0 amide bonds. The number of aromatic hydroxyl groups is 1. The molecule has 4 nitrogen and oxygen atoms in total. The number of phenolic OH excluding ortho intramolecular Hbond substituents is 1. The summed E-state index contributed by atoms with van der Waals surface area (Å²) in [7, 11) is 0. The number of aliphatic imine (C=N–C) groups is 1. The number of hydrogen-bond acceptors (Lipinski definition) is 4. The van der Waals surface area contributed by atoms with Crippen LogP contribution in [-0.4, -0.2) is 21.8 Å². The lowest BCUT2D eigenvalue weighted by atomic mass is 9.80. The summed E-state index contributed by atoms with van der Waals surface area (Å²) in [6.45, 7) is 0. The Kier molecular flexibility index (Phi) is 2.79. The molecule has 0 radical (unpaired) electrons. The number of fused-ring (bicyclic) bond motifs is 9. The van der Waals surface area contributed by atoms with Crippen molar-refractivity contribution in [2.75, 3.05) is 4.90 Å². The Morgan fingerprint density at radius 2 is 1.96 bits per heavy atom. The summed E-state index contributed by atoms with van der Waals surface area (Å²) >= 11 is 0. The molecule has 1 aromatic heterocycles. The van der Waals surface area contributed by atoms with E-state index in [4.69, 9.17) is 4.99 Å². The van der Waals surface area contributed by atoms with E-state index >= 15 is 0 Å². The van der Waals surface area contributed by atoms with Crippen LogP contribution in [0, 0.1) is 17.8 Å². The Hall–Kier alpha value is -2.88. The Labute approximate surface area is 152 Å². The van der Waals surface area contributed by atoms with Gasteiger partial charge in [0.25, 0.3) is 0 Å². The minimum atomic E-state index is 0.304. The summed E-state index contributed by atoms with van der Waals surface area (Å²) in [5, 5.41) is 10.6. The molecule has 6 rings (SSSR count). The number of allylic oxidation sites excluding steroid dienone is 2. The van der Waals surface area contributed by atoms with Crippen LogP contribution < -0.4 is 4.90 Å². The van der Waals surface area contributed by atoms with E-state index < -0.39 is 0 Å². The molecule has 0 saturated heterocycles. The van der Waals surface area contributed by atoms with E-state index in [-0.39, 0.29) is 0 Å². The zero-order valence-corrected chi connectivity index (χ0v) is 14.3. The van der Waals surface area contributed by atoms with Crippen LogP contribution in [0.2, 0.25) is 0 Å². The van der Waals surface area contributed by atoms with Crippen LogP contribution in [-0.2, 0) is 6.42 Å². The number of pyridine rings is 1. The minimum absolute atomic E-state index is 0.304. The van der Waals surface area contributed by atoms with Crippen LogP contribution >= 0.6 is 0 Å². The van der Waals surface area contributed by atoms with Crippen molar-refractivity contribution in [3.8, 4) is 5.75 Å². The van der Waals surface area contributed by atoms with Gasteiger partial charge in [0, 0.05) is 12.1 Å². The number of aromatic nitrogens is 1. The fourth-order valence-electron chi connectivity index (χ4n) is 5.29. The largest absolute Gasteiger partial charge is 0.506 e. The molecule has 2 aromatic rings. The van der Waals surface area contributed by atoms with Gasteiger partial charge < -0.3 is 10.0 Å². The number of anilines is 1. The Balaban J connectivity index is 1.58. The van der Waals surface area contributed by atoms with Gasteiger partial charge in [-0.3, -0.25) is 4.98 Å². The normalized spacial score (nSPS) is 30.4. The molecule has 1 fully saturated rings. The second kappa shape index (κ2) is 5.07. The summed E-state index contributed by atoms with van der Waals surface area (Å²) < 4.78 is 0. The fraction of sp³-hybridized carbons (Fsp3) is 0.273. The molecule has 4 unspecified atom stereocenters. The summed E-state index contributed by atoms with van der Waals surface area (Å²) in [6.07, 6.45) is 10.7. The van der Waals surface area contributed by atoms with Gasteiger partial charge in [-0.1, -0.05) is 30.4 Å². The van der Waals surface area contributed by atoms with Gasteiger partial charge >= 0.3 is 0 Å². The van der Waals surface area contributed by atoms with Gasteiger partial charge in [0.15, 0.2) is 0 Å². The Morgan fingerprint density at radius 3 is 2.85 bits per heavy atom.